The minimum absolute atomic E-state index is 0.105. The summed E-state index contributed by atoms with van der Waals surface area (Å²) in [5, 5.41) is 5.19. The van der Waals surface area contributed by atoms with Crippen molar-refractivity contribution < 1.29 is 14.3 Å². The predicted molar refractivity (Wildman–Crippen MR) is 122 cm³/mol. The Bertz CT molecular complexity index is 1040. The normalized spacial score (nSPS) is 21.8. The number of nitrogens with zero attached hydrogens (tertiary/aromatic N) is 3. The number of aromatic nitrogens is 2. The number of fused-ring (bicyclic) bond motifs is 2. The lowest BCUT2D eigenvalue weighted by atomic mass is 9.91. The molecule has 1 aromatic heterocycles. The second kappa shape index (κ2) is 8.81. The summed E-state index contributed by atoms with van der Waals surface area (Å²) in [5.74, 6) is 0.604. The predicted octanol–water partition coefficient (Wildman–Crippen LogP) is 3.89. The van der Waals surface area contributed by atoms with Crippen LogP contribution in [-0.4, -0.2) is 46.1 Å². The molecule has 0 radical (unpaired) electrons. The van der Waals surface area contributed by atoms with Crippen molar-refractivity contribution in [2.45, 2.75) is 71.4 Å². The molecule has 6 heteroatoms. The van der Waals surface area contributed by atoms with Gasteiger partial charge in [-0.05, 0) is 43.2 Å². The largest absolute Gasteiger partial charge is 0.381 e. The molecule has 2 aromatic rings. The van der Waals surface area contributed by atoms with Gasteiger partial charge in [-0.15, -0.1) is 0 Å². The molecular formula is C26H33N3O3. The highest BCUT2D eigenvalue weighted by Crippen LogP contribution is 2.38. The number of ketones is 1. The molecule has 0 saturated carbocycles. The van der Waals surface area contributed by atoms with Crippen LogP contribution in [0, 0.1) is 5.92 Å². The van der Waals surface area contributed by atoms with Gasteiger partial charge in [-0.25, -0.2) is 0 Å². The fraction of sp³-hybridized carbons (Fsp3) is 0.577. The standard InChI is InChI=1S/C26H33N3O3/c1-3-18-7-8-19-5-4-6-21(22(19)15-25(18)31)26-23-16-28(17(2)30)12-9-24(23)29(27-26)20-10-13-32-14-11-20/h4-6,18,20H,3,7-16H2,1-2H3. The van der Waals surface area contributed by atoms with Gasteiger partial charge in [0.2, 0.25) is 5.91 Å². The van der Waals surface area contributed by atoms with Crippen LogP contribution >= 0.6 is 0 Å². The van der Waals surface area contributed by atoms with Crippen molar-refractivity contribution in [3.05, 3.63) is 40.6 Å². The van der Waals surface area contributed by atoms with Crippen molar-refractivity contribution in [3.8, 4) is 11.3 Å². The lowest BCUT2D eigenvalue weighted by Crippen LogP contribution is -2.35. The van der Waals surface area contributed by atoms with Gasteiger partial charge in [0.15, 0.2) is 0 Å². The number of rotatable bonds is 3. The second-order valence-electron chi connectivity index (χ2n) is 9.48. The summed E-state index contributed by atoms with van der Waals surface area (Å²) in [5.41, 5.74) is 6.90. The van der Waals surface area contributed by atoms with E-state index in [1.807, 2.05) is 4.90 Å². The van der Waals surface area contributed by atoms with Crippen LogP contribution < -0.4 is 0 Å². The van der Waals surface area contributed by atoms with E-state index in [0.29, 0.717) is 24.8 Å². The van der Waals surface area contributed by atoms with Gasteiger partial charge in [0.25, 0.3) is 0 Å². The van der Waals surface area contributed by atoms with E-state index >= 15 is 0 Å². The van der Waals surface area contributed by atoms with Crippen LogP contribution in [0.5, 0.6) is 0 Å². The van der Waals surface area contributed by atoms with Crippen LogP contribution in [0.25, 0.3) is 11.3 Å². The molecule has 3 aliphatic rings. The third-order valence-corrected chi connectivity index (χ3v) is 7.66. The molecule has 1 amide bonds. The first-order chi connectivity index (χ1) is 15.6. The Morgan fingerprint density at radius 3 is 2.72 bits per heavy atom. The van der Waals surface area contributed by atoms with E-state index in [4.69, 9.17) is 9.84 Å². The Kier molecular flexibility index (Phi) is 5.89. The summed E-state index contributed by atoms with van der Waals surface area (Å²) in [6, 6.07) is 6.75. The number of Topliss-reactive ketones (excluding diaryl/α,β-unsaturated/α-hetero) is 1. The molecule has 1 atom stereocenters. The molecule has 2 aliphatic heterocycles. The van der Waals surface area contributed by atoms with Crippen molar-refractivity contribution >= 4 is 11.7 Å². The van der Waals surface area contributed by atoms with Crippen molar-refractivity contribution in [1.82, 2.24) is 14.7 Å². The van der Waals surface area contributed by atoms with Crippen LogP contribution in [0.3, 0.4) is 0 Å². The molecule has 3 heterocycles. The minimum atomic E-state index is 0.105. The molecule has 32 heavy (non-hydrogen) atoms. The van der Waals surface area contributed by atoms with Gasteiger partial charge in [0, 0.05) is 68.8 Å². The van der Waals surface area contributed by atoms with Crippen LogP contribution in [0.4, 0.5) is 0 Å². The zero-order valence-electron chi connectivity index (χ0n) is 19.2. The molecule has 6 nitrogen and oxygen atoms in total. The molecule has 1 fully saturated rings. The van der Waals surface area contributed by atoms with Gasteiger partial charge in [0.1, 0.15) is 5.78 Å². The maximum absolute atomic E-state index is 13.0. The maximum Gasteiger partial charge on any atom is 0.219 e. The summed E-state index contributed by atoms with van der Waals surface area (Å²) < 4.78 is 7.83. The number of hydrogen-bond acceptors (Lipinski definition) is 4. The molecule has 170 valence electrons. The van der Waals surface area contributed by atoms with E-state index < -0.39 is 0 Å². The first-order valence-electron chi connectivity index (χ1n) is 12.1. The highest BCUT2D eigenvalue weighted by atomic mass is 16.5. The van der Waals surface area contributed by atoms with Crippen molar-refractivity contribution in [1.29, 1.82) is 0 Å². The smallest absolute Gasteiger partial charge is 0.219 e. The molecule has 1 aliphatic carbocycles. The molecule has 1 unspecified atom stereocenters. The quantitative estimate of drug-likeness (QED) is 0.686. The molecule has 1 aromatic carbocycles. The van der Waals surface area contributed by atoms with Crippen molar-refractivity contribution in [3.63, 3.8) is 0 Å². The third-order valence-electron chi connectivity index (χ3n) is 7.66. The zero-order valence-corrected chi connectivity index (χ0v) is 19.2. The lowest BCUT2D eigenvalue weighted by molar-refractivity contribution is -0.129. The fourth-order valence-electron chi connectivity index (χ4n) is 5.70. The Hall–Kier alpha value is -2.47. The number of benzene rings is 1. The van der Waals surface area contributed by atoms with Crippen LogP contribution in [0.1, 0.15) is 68.0 Å². The average molecular weight is 436 g/mol. The Labute approximate surface area is 189 Å². The van der Waals surface area contributed by atoms with Gasteiger partial charge < -0.3 is 9.64 Å². The number of carbonyl (C=O) groups excluding carboxylic acids is 2. The lowest BCUT2D eigenvalue weighted by Gasteiger charge is -2.29. The van der Waals surface area contributed by atoms with Crippen molar-refractivity contribution in [2.75, 3.05) is 19.8 Å². The van der Waals surface area contributed by atoms with Crippen molar-refractivity contribution in [2.24, 2.45) is 5.92 Å². The van der Waals surface area contributed by atoms with E-state index in [2.05, 4.69) is 29.8 Å². The maximum atomic E-state index is 13.0. The molecule has 1 saturated heterocycles. The average Bonchev–Trinajstić information content (AvgIpc) is 3.10. The van der Waals surface area contributed by atoms with Gasteiger partial charge in [-0.2, -0.15) is 5.10 Å². The van der Waals surface area contributed by atoms with E-state index in [1.165, 1.54) is 11.3 Å². The highest BCUT2D eigenvalue weighted by Gasteiger charge is 2.32. The summed E-state index contributed by atoms with van der Waals surface area (Å²) in [6.07, 6.45) is 6.02. The second-order valence-corrected chi connectivity index (χ2v) is 9.48. The topological polar surface area (TPSA) is 64.4 Å². The van der Waals surface area contributed by atoms with Crippen LogP contribution in [-0.2, 0) is 40.1 Å². The first-order valence-corrected chi connectivity index (χ1v) is 12.1. The number of carbonyl (C=O) groups is 2. The first kappa shape index (κ1) is 21.4. The summed E-state index contributed by atoms with van der Waals surface area (Å²) >= 11 is 0. The molecular weight excluding hydrogens is 402 g/mol. The Morgan fingerprint density at radius 2 is 1.97 bits per heavy atom. The van der Waals surface area contributed by atoms with Gasteiger partial charge in [0.05, 0.1) is 11.7 Å². The fourth-order valence-corrected chi connectivity index (χ4v) is 5.70. The zero-order chi connectivity index (χ0) is 22.2. The number of ether oxygens (including phenoxy) is 1. The molecule has 0 N–H and O–H groups in total. The van der Waals surface area contributed by atoms with E-state index in [1.54, 1.807) is 6.92 Å². The summed E-state index contributed by atoms with van der Waals surface area (Å²) in [4.78, 5) is 27.1. The number of amides is 1. The SMILES string of the molecule is CCC1CCc2cccc(-c3nn(C4CCOCC4)c4c3CN(C(C)=O)CC4)c2CC1=O. The summed E-state index contributed by atoms with van der Waals surface area (Å²) in [7, 11) is 0. The Morgan fingerprint density at radius 1 is 1.16 bits per heavy atom. The molecule has 0 bridgehead atoms. The van der Waals surface area contributed by atoms with Gasteiger partial charge in [-0.1, -0.05) is 25.1 Å². The molecule has 0 spiro atoms. The van der Waals surface area contributed by atoms with Gasteiger partial charge >= 0.3 is 0 Å². The third kappa shape index (κ3) is 3.79. The van der Waals surface area contributed by atoms with Gasteiger partial charge in [-0.3, -0.25) is 14.3 Å². The summed E-state index contributed by atoms with van der Waals surface area (Å²) in [6.45, 7) is 6.62. The highest BCUT2D eigenvalue weighted by molar-refractivity contribution is 5.87. The van der Waals surface area contributed by atoms with E-state index in [9.17, 15) is 9.59 Å². The van der Waals surface area contributed by atoms with Crippen LogP contribution in [0.2, 0.25) is 0 Å². The van der Waals surface area contributed by atoms with Crippen LogP contribution in [0.15, 0.2) is 18.2 Å². The Balaban J connectivity index is 1.62. The number of aryl methyl sites for hydroxylation is 1. The van der Waals surface area contributed by atoms with E-state index in [0.717, 1.165) is 80.7 Å². The minimum Gasteiger partial charge on any atom is -0.381 e. The number of hydrogen-bond donors (Lipinski definition) is 0. The monoisotopic (exact) mass is 435 g/mol. The molecule has 5 rings (SSSR count). The van der Waals surface area contributed by atoms with E-state index in [-0.39, 0.29) is 11.8 Å².